The van der Waals surface area contributed by atoms with Crippen LogP contribution in [-0.4, -0.2) is 74.3 Å². The molecule has 1 aliphatic heterocycles. The Kier molecular flexibility index (Phi) is 7.78. The van der Waals surface area contributed by atoms with E-state index in [1.165, 1.54) is 0 Å². The maximum absolute atomic E-state index is 13.8. The smallest absolute Gasteiger partial charge is 0.314 e. The Morgan fingerprint density at radius 1 is 0.822 bits per heavy atom. The number of hydrogen-bond acceptors (Lipinski definition) is 7. The first-order valence-corrected chi connectivity index (χ1v) is 17.3. The van der Waals surface area contributed by atoms with Crippen molar-refractivity contribution >= 4 is 11.9 Å². The topological polar surface area (TPSA) is 154 Å². The van der Waals surface area contributed by atoms with Gasteiger partial charge in [0.1, 0.15) is 18.3 Å². The summed E-state index contributed by atoms with van der Waals surface area (Å²) in [5.41, 5.74) is -2.17. The van der Waals surface area contributed by atoms with Gasteiger partial charge in [-0.1, -0.05) is 53.2 Å². The van der Waals surface area contributed by atoms with Crippen LogP contribution in [0.25, 0.3) is 0 Å². The van der Waals surface area contributed by atoms with E-state index in [2.05, 4.69) is 47.6 Å². The molecule has 1 heterocycles. The van der Waals surface area contributed by atoms with Crippen molar-refractivity contribution in [2.75, 3.05) is 0 Å². The Labute approximate surface area is 267 Å². The van der Waals surface area contributed by atoms with Crippen molar-refractivity contribution < 1.29 is 44.6 Å². The van der Waals surface area contributed by atoms with Crippen LogP contribution in [0.5, 0.6) is 0 Å². The Hall–Kier alpha value is -1.52. The number of rotatable bonds is 4. The molecule has 0 bridgehead atoms. The Balaban J connectivity index is 1.35. The van der Waals surface area contributed by atoms with Crippen LogP contribution in [0.2, 0.25) is 0 Å². The predicted molar refractivity (Wildman–Crippen MR) is 166 cm³/mol. The van der Waals surface area contributed by atoms with Gasteiger partial charge in [0, 0.05) is 0 Å². The molecule has 0 amide bonds. The first kappa shape index (κ1) is 33.4. The molecule has 0 spiro atoms. The van der Waals surface area contributed by atoms with Crippen molar-refractivity contribution in [3.63, 3.8) is 0 Å². The van der Waals surface area contributed by atoms with E-state index in [0.717, 1.165) is 37.7 Å². The molecule has 5 fully saturated rings. The fourth-order valence-electron chi connectivity index (χ4n) is 12.3. The third kappa shape index (κ3) is 4.42. The summed E-state index contributed by atoms with van der Waals surface area (Å²) in [6.07, 6.45) is 3.02. The summed E-state index contributed by atoms with van der Waals surface area (Å²) >= 11 is 0. The molecular weight excluding hydrogens is 576 g/mol. The molecule has 6 aliphatic rings. The van der Waals surface area contributed by atoms with Crippen LogP contribution in [0.15, 0.2) is 11.6 Å². The lowest BCUT2D eigenvalue weighted by molar-refractivity contribution is -0.324. The van der Waals surface area contributed by atoms with Gasteiger partial charge in [0.05, 0.1) is 23.0 Å². The number of hydrogen-bond donors (Lipinski definition) is 5. The van der Waals surface area contributed by atoms with E-state index in [4.69, 9.17) is 9.47 Å². The highest BCUT2D eigenvalue weighted by atomic mass is 16.7. The Morgan fingerprint density at radius 3 is 2.13 bits per heavy atom. The SMILES string of the molecule is C[C@H]1O[C@@H](O[C@H]2CC[C@]3(C)[C@H]4CC=C5[C@H]6CC(C)(C)CC[C@@]6(C(=O)O)CC[C@@]5(C(=O)O)[C@]4(C)CC[C@H]3C2(C)C)[C@H](O)[C@@H](O)[C@@H]1O. The van der Waals surface area contributed by atoms with Crippen LogP contribution in [0, 0.1) is 50.2 Å². The zero-order chi connectivity index (χ0) is 33.1. The first-order chi connectivity index (χ1) is 20.8. The standard InChI is InChI=1S/C36H56O9/c1-19-25(37)26(38)27(39)28(44-19)45-24-11-12-33(6)22(32(24,4)5)10-13-34(7)23(33)9-8-20-21-18-31(2,3)14-15-35(21,29(40)41)16-17-36(20,34)30(42)43/h8,19,21-28,37-39H,9-18H2,1-7H3,(H,40,41)(H,42,43)/t19-,21-,22+,23-,24+,25-,26+,27-,28+,33+,34-,35-,36-/m1/s1. The van der Waals surface area contributed by atoms with E-state index >= 15 is 0 Å². The minimum absolute atomic E-state index is 0.0443. The van der Waals surface area contributed by atoms with E-state index in [9.17, 15) is 35.1 Å². The highest BCUT2D eigenvalue weighted by Crippen LogP contribution is 2.76. The van der Waals surface area contributed by atoms with Gasteiger partial charge in [-0.3, -0.25) is 9.59 Å². The molecule has 13 atom stereocenters. The van der Waals surface area contributed by atoms with Gasteiger partial charge in [-0.05, 0) is 111 Å². The number of carboxylic acid groups (broad SMARTS) is 2. The summed E-state index contributed by atoms with van der Waals surface area (Å²) in [4.78, 5) is 26.7. The molecule has 6 rings (SSSR count). The van der Waals surface area contributed by atoms with E-state index in [1.54, 1.807) is 6.92 Å². The molecule has 0 aromatic rings. The maximum atomic E-state index is 13.8. The van der Waals surface area contributed by atoms with E-state index in [1.807, 2.05) is 0 Å². The van der Waals surface area contributed by atoms with Crippen LogP contribution in [0.4, 0.5) is 0 Å². The van der Waals surface area contributed by atoms with Crippen molar-refractivity contribution in [1.29, 1.82) is 0 Å². The van der Waals surface area contributed by atoms with Crippen LogP contribution in [0.3, 0.4) is 0 Å². The molecular formula is C36H56O9. The highest BCUT2D eigenvalue weighted by molar-refractivity contribution is 5.84. The second-order valence-electron chi connectivity index (χ2n) is 17.7. The summed E-state index contributed by atoms with van der Waals surface area (Å²) in [5.74, 6) is -1.52. The van der Waals surface area contributed by atoms with Gasteiger partial charge >= 0.3 is 11.9 Å². The molecule has 9 nitrogen and oxygen atoms in total. The number of carbonyl (C=O) groups is 2. The van der Waals surface area contributed by atoms with E-state index < -0.39 is 58.9 Å². The van der Waals surface area contributed by atoms with Crippen molar-refractivity contribution in [1.82, 2.24) is 0 Å². The summed E-state index contributed by atoms with van der Waals surface area (Å²) in [7, 11) is 0. The third-order valence-corrected chi connectivity index (χ3v) is 14.9. The quantitative estimate of drug-likeness (QED) is 0.209. The number of aliphatic hydroxyl groups excluding tert-OH is 3. The molecule has 5 aliphatic carbocycles. The molecule has 9 heteroatoms. The average Bonchev–Trinajstić information content (AvgIpc) is 2.95. The lowest BCUT2D eigenvalue weighted by Crippen LogP contribution is -2.68. The summed E-state index contributed by atoms with van der Waals surface area (Å²) in [6.45, 7) is 15.0. The third-order valence-electron chi connectivity index (χ3n) is 14.9. The minimum atomic E-state index is -1.36. The number of ether oxygens (including phenoxy) is 2. The number of aliphatic carboxylic acids is 2. The van der Waals surface area contributed by atoms with Gasteiger partial charge in [-0.2, -0.15) is 0 Å². The normalized spacial score (nSPS) is 51.9. The van der Waals surface area contributed by atoms with E-state index in [0.29, 0.717) is 32.1 Å². The molecule has 1 saturated heterocycles. The van der Waals surface area contributed by atoms with Crippen molar-refractivity contribution in [3.05, 3.63) is 11.6 Å². The van der Waals surface area contributed by atoms with Crippen LogP contribution >= 0.6 is 0 Å². The fourth-order valence-corrected chi connectivity index (χ4v) is 12.3. The molecule has 0 radical (unpaired) electrons. The lowest BCUT2D eigenvalue weighted by Gasteiger charge is -2.70. The average molecular weight is 633 g/mol. The fraction of sp³-hybridized carbons (Fsp3) is 0.889. The van der Waals surface area contributed by atoms with Crippen LogP contribution < -0.4 is 0 Å². The summed E-state index contributed by atoms with van der Waals surface area (Å²) < 4.78 is 12.3. The summed E-state index contributed by atoms with van der Waals surface area (Å²) in [5, 5.41) is 53.2. The predicted octanol–water partition coefficient (Wildman–Crippen LogP) is 5.15. The zero-order valence-electron chi connectivity index (χ0n) is 28.2. The highest BCUT2D eigenvalue weighted by Gasteiger charge is 2.73. The van der Waals surface area contributed by atoms with Gasteiger partial charge in [-0.25, -0.2) is 0 Å². The Bertz CT molecular complexity index is 1260. The lowest BCUT2D eigenvalue weighted by atomic mass is 9.33. The maximum Gasteiger partial charge on any atom is 0.314 e. The molecule has 0 aromatic heterocycles. The van der Waals surface area contributed by atoms with Crippen LogP contribution in [-0.2, 0) is 19.1 Å². The molecule has 45 heavy (non-hydrogen) atoms. The summed E-state index contributed by atoms with van der Waals surface area (Å²) in [6, 6.07) is 0. The van der Waals surface area contributed by atoms with Gasteiger partial charge in [0.2, 0.25) is 0 Å². The van der Waals surface area contributed by atoms with Gasteiger partial charge in [0.15, 0.2) is 6.29 Å². The zero-order valence-corrected chi connectivity index (χ0v) is 28.2. The number of allylic oxidation sites excluding steroid dienone is 1. The van der Waals surface area contributed by atoms with Crippen molar-refractivity contribution in [2.24, 2.45) is 50.2 Å². The number of carboxylic acids is 2. The molecule has 0 unspecified atom stereocenters. The van der Waals surface area contributed by atoms with Crippen LogP contribution in [0.1, 0.15) is 113 Å². The van der Waals surface area contributed by atoms with Gasteiger partial charge in [0.25, 0.3) is 0 Å². The van der Waals surface area contributed by atoms with Crippen molar-refractivity contribution in [2.45, 2.75) is 149 Å². The molecule has 4 saturated carbocycles. The van der Waals surface area contributed by atoms with E-state index in [-0.39, 0.29) is 40.1 Å². The molecule has 5 N–H and O–H groups in total. The minimum Gasteiger partial charge on any atom is -0.481 e. The largest absolute Gasteiger partial charge is 0.481 e. The number of fused-ring (bicyclic) bond motifs is 7. The number of aliphatic hydroxyl groups is 3. The second kappa shape index (κ2) is 10.5. The second-order valence-corrected chi connectivity index (χ2v) is 17.7. The Morgan fingerprint density at radius 2 is 1.49 bits per heavy atom. The first-order valence-electron chi connectivity index (χ1n) is 17.3. The van der Waals surface area contributed by atoms with Gasteiger partial charge < -0.3 is 35.0 Å². The molecule has 0 aromatic carbocycles. The monoisotopic (exact) mass is 632 g/mol. The van der Waals surface area contributed by atoms with Gasteiger partial charge in [-0.15, -0.1) is 0 Å². The molecule has 254 valence electrons. The van der Waals surface area contributed by atoms with Crippen molar-refractivity contribution in [3.8, 4) is 0 Å².